The highest BCUT2D eigenvalue weighted by Crippen LogP contribution is 2.50. The van der Waals surface area contributed by atoms with E-state index in [1.54, 1.807) is 0 Å². The van der Waals surface area contributed by atoms with E-state index in [0.717, 1.165) is 38.9 Å². The minimum atomic E-state index is -0.0224. The van der Waals surface area contributed by atoms with E-state index < -0.39 is 0 Å². The predicted octanol–water partition coefficient (Wildman–Crippen LogP) is 11.9. The van der Waals surface area contributed by atoms with Crippen molar-refractivity contribution in [3.8, 4) is 33.6 Å². The monoisotopic (exact) mass is 598 g/mol. The first-order chi connectivity index (χ1) is 23.0. The second-order valence-electron chi connectivity index (χ2n) is 13.4. The van der Waals surface area contributed by atoms with E-state index in [2.05, 4.69) is 153 Å². The van der Waals surface area contributed by atoms with Gasteiger partial charge in [0, 0.05) is 21.9 Å². The second kappa shape index (κ2) is 9.57. The highest BCUT2D eigenvalue weighted by atomic mass is 14.8. The molecular formula is C45H30N2. The Labute approximate surface area is 273 Å². The Morgan fingerprint density at radius 3 is 2.00 bits per heavy atom. The summed E-state index contributed by atoms with van der Waals surface area (Å²) in [7, 11) is 0. The highest BCUT2D eigenvalue weighted by Gasteiger charge is 2.35. The van der Waals surface area contributed by atoms with Crippen molar-refractivity contribution in [1.82, 2.24) is 9.97 Å². The summed E-state index contributed by atoms with van der Waals surface area (Å²) in [5, 5.41) is 9.88. The summed E-state index contributed by atoms with van der Waals surface area (Å²) < 4.78 is 0. The fourth-order valence-electron chi connectivity index (χ4n) is 8.02. The average molecular weight is 599 g/mol. The van der Waals surface area contributed by atoms with Crippen LogP contribution in [0.4, 0.5) is 0 Å². The molecule has 8 aromatic carbocycles. The van der Waals surface area contributed by atoms with Crippen LogP contribution < -0.4 is 0 Å². The summed E-state index contributed by atoms with van der Waals surface area (Å²) in [4.78, 5) is 10.6. The SMILES string of the molecule is CC1(C)c2ccccc2-c2cc3c(ccc4ccc5cc(-c6nc7c(ccc8ccccc87)nc6-c6ccccc6)ccc5c43)cc21. The van der Waals surface area contributed by atoms with Crippen molar-refractivity contribution in [2.75, 3.05) is 0 Å². The standard InChI is InChI=1S/C45H30N2/c1-45(2)38-15-9-8-14-35(38)37-26-36-31(25-39(37)45)19-17-28-16-18-30-24-32(20-22-33(30)41(28)36)43-42(29-11-4-3-5-12-29)46-40-23-21-27-10-6-7-13-34(27)44(40)47-43/h3-26H,1-2H3. The molecule has 0 aliphatic heterocycles. The first kappa shape index (κ1) is 26.4. The summed E-state index contributed by atoms with van der Waals surface area (Å²) in [6.07, 6.45) is 0. The summed E-state index contributed by atoms with van der Waals surface area (Å²) in [6.45, 7) is 4.70. The van der Waals surface area contributed by atoms with Crippen LogP contribution in [0.15, 0.2) is 146 Å². The Morgan fingerprint density at radius 2 is 1.13 bits per heavy atom. The summed E-state index contributed by atoms with van der Waals surface area (Å²) in [5.74, 6) is 0. The van der Waals surface area contributed by atoms with Crippen molar-refractivity contribution in [2.24, 2.45) is 0 Å². The molecule has 1 aliphatic rings. The zero-order chi connectivity index (χ0) is 31.3. The summed E-state index contributed by atoms with van der Waals surface area (Å²) in [5.41, 5.74) is 11.3. The zero-order valence-corrected chi connectivity index (χ0v) is 26.3. The molecule has 10 rings (SSSR count). The number of hydrogen-bond acceptors (Lipinski definition) is 2. The van der Waals surface area contributed by atoms with Gasteiger partial charge in [0.15, 0.2) is 0 Å². The van der Waals surface area contributed by atoms with E-state index >= 15 is 0 Å². The normalized spacial score (nSPS) is 13.5. The molecule has 220 valence electrons. The molecule has 0 bridgehead atoms. The van der Waals surface area contributed by atoms with Gasteiger partial charge in [-0.3, -0.25) is 0 Å². The molecule has 0 radical (unpaired) electrons. The lowest BCUT2D eigenvalue weighted by Gasteiger charge is -2.22. The van der Waals surface area contributed by atoms with E-state index in [4.69, 9.17) is 9.97 Å². The van der Waals surface area contributed by atoms with Crippen LogP contribution >= 0.6 is 0 Å². The number of aromatic nitrogens is 2. The van der Waals surface area contributed by atoms with Crippen molar-refractivity contribution in [3.05, 3.63) is 157 Å². The molecule has 0 unspecified atom stereocenters. The molecule has 1 aromatic heterocycles. The Hall–Kier alpha value is -5.86. The fraction of sp³-hybridized carbons (Fsp3) is 0.0667. The van der Waals surface area contributed by atoms with Gasteiger partial charge in [0.2, 0.25) is 0 Å². The lowest BCUT2D eigenvalue weighted by molar-refractivity contribution is 0.661. The number of nitrogens with zero attached hydrogens (tertiary/aromatic N) is 2. The van der Waals surface area contributed by atoms with Crippen LogP contribution in [0.25, 0.3) is 87.8 Å². The molecule has 0 spiro atoms. The third-order valence-corrected chi connectivity index (χ3v) is 10.4. The zero-order valence-electron chi connectivity index (χ0n) is 26.3. The van der Waals surface area contributed by atoms with Gasteiger partial charge in [0.25, 0.3) is 0 Å². The van der Waals surface area contributed by atoms with Crippen LogP contribution in [-0.4, -0.2) is 9.97 Å². The van der Waals surface area contributed by atoms with Crippen molar-refractivity contribution < 1.29 is 0 Å². The molecule has 9 aromatic rings. The maximum Gasteiger partial charge on any atom is 0.0973 e. The van der Waals surface area contributed by atoms with Gasteiger partial charge in [-0.15, -0.1) is 0 Å². The van der Waals surface area contributed by atoms with Crippen molar-refractivity contribution >= 4 is 54.1 Å². The molecule has 1 aliphatic carbocycles. The minimum Gasteiger partial charge on any atom is -0.244 e. The molecule has 0 N–H and O–H groups in total. The third-order valence-electron chi connectivity index (χ3n) is 10.4. The average Bonchev–Trinajstić information content (AvgIpc) is 3.35. The largest absolute Gasteiger partial charge is 0.244 e. The lowest BCUT2D eigenvalue weighted by Crippen LogP contribution is -2.14. The van der Waals surface area contributed by atoms with Crippen molar-refractivity contribution in [1.29, 1.82) is 0 Å². The molecule has 1 heterocycles. The van der Waals surface area contributed by atoms with Crippen molar-refractivity contribution in [2.45, 2.75) is 19.3 Å². The third kappa shape index (κ3) is 3.79. The van der Waals surface area contributed by atoms with Gasteiger partial charge in [-0.1, -0.05) is 135 Å². The van der Waals surface area contributed by atoms with Crippen molar-refractivity contribution in [3.63, 3.8) is 0 Å². The Morgan fingerprint density at radius 1 is 0.426 bits per heavy atom. The molecule has 2 nitrogen and oxygen atoms in total. The van der Waals surface area contributed by atoms with E-state index in [1.807, 2.05) is 6.07 Å². The maximum absolute atomic E-state index is 5.38. The number of fused-ring (bicyclic) bond motifs is 11. The highest BCUT2D eigenvalue weighted by molar-refractivity contribution is 6.21. The van der Waals surface area contributed by atoms with E-state index in [0.29, 0.717) is 0 Å². The molecule has 0 saturated carbocycles. The van der Waals surface area contributed by atoms with Crippen LogP contribution in [0, 0.1) is 0 Å². The van der Waals surface area contributed by atoms with Gasteiger partial charge in [-0.25, -0.2) is 9.97 Å². The molecule has 0 atom stereocenters. The molecule has 0 saturated heterocycles. The lowest BCUT2D eigenvalue weighted by atomic mass is 9.81. The number of rotatable bonds is 2. The van der Waals surface area contributed by atoms with Crippen LogP contribution in [0.1, 0.15) is 25.0 Å². The van der Waals surface area contributed by atoms with Gasteiger partial charge < -0.3 is 0 Å². The number of hydrogen-bond donors (Lipinski definition) is 0. The Kier molecular flexibility index (Phi) is 5.37. The predicted molar refractivity (Wildman–Crippen MR) is 198 cm³/mol. The van der Waals surface area contributed by atoms with E-state index in [1.165, 1.54) is 60.0 Å². The van der Waals surface area contributed by atoms with Gasteiger partial charge in [0.05, 0.1) is 22.4 Å². The fourth-order valence-corrected chi connectivity index (χ4v) is 8.02. The van der Waals surface area contributed by atoms with E-state index in [-0.39, 0.29) is 5.41 Å². The molecule has 0 fully saturated rings. The first-order valence-corrected chi connectivity index (χ1v) is 16.3. The van der Waals surface area contributed by atoms with Crippen LogP contribution in [0.2, 0.25) is 0 Å². The maximum atomic E-state index is 5.38. The molecule has 2 heteroatoms. The van der Waals surface area contributed by atoms with Gasteiger partial charge >= 0.3 is 0 Å². The minimum absolute atomic E-state index is 0.0224. The van der Waals surface area contributed by atoms with E-state index in [9.17, 15) is 0 Å². The number of benzene rings is 8. The topological polar surface area (TPSA) is 25.8 Å². The molecule has 47 heavy (non-hydrogen) atoms. The Balaban J connectivity index is 1.23. The smallest absolute Gasteiger partial charge is 0.0973 e. The Bertz CT molecular complexity index is 2760. The van der Waals surface area contributed by atoms with Crippen LogP contribution in [0.3, 0.4) is 0 Å². The van der Waals surface area contributed by atoms with Gasteiger partial charge in [-0.05, 0) is 84.2 Å². The first-order valence-electron chi connectivity index (χ1n) is 16.3. The molecular weight excluding hydrogens is 569 g/mol. The van der Waals surface area contributed by atoms with Gasteiger partial charge in [-0.2, -0.15) is 0 Å². The quantitative estimate of drug-likeness (QED) is 0.185. The second-order valence-corrected chi connectivity index (χ2v) is 13.4. The summed E-state index contributed by atoms with van der Waals surface area (Å²) in [6, 6.07) is 52.8. The van der Waals surface area contributed by atoms with Crippen LogP contribution in [0.5, 0.6) is 0 Å². The summed E-state index contributed by atoms with van der Waals surface area (Å²) >= 11 is 0. The molecule has 0 amide bonds. The van der Waals surface area contributed by atoms with Crippen LogP contribution in [-0.2, 0) is 5.41 Å². The van der Waals surface area contributed by atoms with Gasteiger partial charge in [0.1, 0.15) is 0 Å².